The summed E-state index contributed by atoms with van der Waals surface area (Å²) >= 11 is 0. The molecule has 0 unspecified atom stereocenters. The van der Waals surface area contributed by atoms with Gasteiger partial charge in [-0.3, -0.25) is 5.41 Å². The third-order valence-electron chi connectivity index (χ3n) is 0.289. The van der Waals surface area contributed by atoms with E-state index in [1.54, 1.807) is 0 Å². The van der Waals surface area contributed by atoms with Gasteiger partial charge in [-0.2, -0.15) is 0 Å². The van der Waals surface area contributed by atoms with Crippen molar-refractivity contribution in [2.75, 3.05) is 0 Å². The summed E-state index contributed by atoms with van der Waals surface area (Å²) in [4.78, 5) is 3.11. The van der Waals surface area contributed by atoms with Crippen LogP contribution in [0.5, 0.6) is 0 Å². The number of hydrogen-bond acceptors (Lipinski definition) is 1. The minimum absolute atomic E-state index is 0.636. The SMILES string of the molecule is C=C(F)C=NC=N. The van der Waals surface area contributed by atoms with Crippen molar-refractivity contribution in [2.45, 2.75) is 0 Å². The second-order valence-electron chi connectivity index (χ2n) is 0.854. The lowest BCUT2D eigenvalue weighted by Crippen LogP contribution is -1.69. The quantitative estimate of drug-likeness (QED) is 0.399. The lowest BCUT2D eigenvalue weighted by atomic mass is 10.7. The molecule has 0 heterocycles. The monoisotopic (exact) mass is 100 g/mol. The molecule has 1 N–H and O–H groups in total. The lowest BCUT2D eigenvalue weighted by molar-refractivity contribution is 0.691. The summed E-state index contributed by atoms with van der Waals surface area (Å²) in [6, 6.07) is 0. The van der Waals surface area contributed by atoms with Crippen molar-refractivity contribution in [3.05, 3.63) is 12.4 Å². The molecule has 0 aliphatic heterocycles. The number of nitrogens with zero attached hydrogens (tertiary/aromatic N) is 1. The maximum Gasteiger partial charge on any atom is 0.134 e. The first-order chi connectivity index (χ1) is 3.27. The van der Waals surface area contributed by atoms with Crippen molar-refractivity contribution in [2.24, 2.45) is 4.99 Å². The Balaban J connectivity index is 3.46. The zero-order valence-electron chi connectivity index (χ0n) is 3.69. The molecule has 2 nitrogen and oxygen atoms in total. The standard InChI is InChI=1S/C4H5FN2/c1-4(5)2-7-3-6/h2-3,6H,1H2. The molecule has 0 bridgehead atoms. The molecule has 0 spiro atoms. The van der Waals surface area contributed by atoms with Crippen LogP contribution in [0.1, 0.15) is 0 Å². The van der Waals surface area contributed by atoms with Crippen LogP contribution in [0.25, 0.3) is 0 Å². The van der Waals surface area contributed by atoms with Gasteiger partial charge in [-0.05, 0) is 0 Å². The molecule has 0 aromatic carbocycles. The van der Waals surface area contributed by atoms with E-state index in [1.807, 2.05) is 0 Å². The summed E-state index contributed by atoms with van der Waals surface area (Å²) in [6.07, 6.45) is 1.61. The Kier molecular flexibility index (Phi) is 2.76. The predicted molar refractivity (Wildman–Crippen MR) is 27.5 cm³/mol. The maximum atomic E-state index is 11.4. The molecule has 7 heavy (non-hydrogen) atoms. The Morgan fingerprint density at radius 2 is 2.43 bits per heavy atom. The first-order valence-corrected chi connectivity index (χ1v) is 1.64. The first kappa shape index (κ1) is 6.01. The summed E-state index contributed by atoms with van der Waals surface area (Å²) < 4.78 is 11.4. The molecule has 0 saturated heterocycles. The molecule has 0 aliphatic rings. The van der Waals surface area contributed by atoms with Crippen molar-refractivity contribution in [1.82, 2.24) is 0 Å². The minimum atomic E-state index is -0.636. The van der Waals surface area contributed by atoms with Gasteiger partial charge in [-0.1, -0.05) is 6.58 Å². The number of allylic oxidation sites excluding steroid dienone is 1. The fourth-order valence-corrected chi connectivity index (χ4v) is 0.118. The smallest absolute Gasteiger partial charge is 0.134 e. The van der Waals surface area contributed by atoms with Gasteiger partial charge in [0.05, 0.1) is 6.21 Å². The second kappa shape index (κ2) is 3.21. The van der Waals surface area contributed by atoms with Gasteiger partial charge in [0.15, 0.2) is 0 Å². The van der Waals surface area contributed by atoms with Crippen LogP contribution in [0.3, 0.4) is 0 Å². The predicted octanol–water partition coefficient (Wildman–Crippen LogP) is 1.15. The van der Waals surface area contributed by atoms with Crippen LogP contribution in [-0.4, -0.2) is 12.6 Å². The Morgan fingerprint density at radius 3 is 2.57 bits per heavy atom. The normalized spacial score (nSPS) is 9.29. The van der Waals surface area contributed by atoms with E-state index in [4.69, 9.17) is 5.41 Å². The van der Waals surface area contributed by atoms with Gasteiger partial charge in [0.25, 0.3) is 0 Å². The Hall–Kier alpha value is -0.990. The fraction of sp³-hybridized carbons (Fsp3) is 0. The molecule has 0 aromatic rings. The summed E-state index contributed by atoms with van der Waals surface area (Å²) in [7, 11) is 0. The first-order valence-electron chi connectivity index (χ1n) is 1.64. The Bertz CT molecular complexity index is 106. The number of rotatable bonds is 2. The van der Waals surface area contributed by atoms with E-state index in [-0.39, 0.29) is 0 Å². The number of aliphatic imine (C=N–C) groups is 1. The minimum Gasteiger partial charge on any atom is -0.290 e. The molecule has 0 aliphatic carbocycles. The van der Waals surface area contributed by atoms with Crippen LogP contribution in [0.15, 0.2) is 17.4 Å². The van der Waals surface area contributed by atoms with Crippen LogP contribution in [0, 0.1) is 5.41 Å². The van der Waals surface area contributed by atoms with Crippen LogP contribution >= 0.6 is 0 Å². The highest BCUT2D eigenvalue weighted by Gasteiger charge is 1.73. The van der Waals surface area contributed by atoms with Gasteiger partial charge in [0.1, 0.15) is 12.2 Å². The molecular formula is C4H5FN2. The molecule has 38 valence electrons. The van der Waals surface area contributed by atoms with Gasteiger partial charge < -0.3 is 0 Å². The van der Waals surface area contributed by atoms with E-state index in [0.29, 0.717) is 0 Å². The van der Waals surface area contributed by atoms with Gasteiger partial charge >= 0.3 is 0 Å². The zero-order chi connectivity index (χ0) is 5.70. The molecule has 0 aromatic heterocycles. The number of hydrogen-bond donors (Lipinski definition) is 1. The van der Waals surface area contributed by atoms with Crippen molar-refractivity contribution < 1.29 is 4.39 Å². The number of halogens is 1. The fourth-order valence-electron chi connectivity index (χ4n) is 0.118. The molecule has 0 atom stereocenters. The zero-order valence-corrected chi connectivity index (χ0v) is 3.69. The average Bonchev–Trinajstić information content (AvgIpc) is 1.61. The van der Waals surface area contributed by atoms with Crippen molar-refractivity contribution >= 4 is 12.6 Å². The molecular weight excluding hydrogens is 95.1 g/mol. The van der Waals surface area contributed by atoms with E-state index in [9.17, 15) is 4.39 Å². The average molecular weight is 100 g/mol. The summed E-state index contributed by atoms with van der Waals surface area (Å²) in [5.74, 6) is -0.636. The summed E-state index contributed by atoms with van der Waals surface area (Å²) in [6.45, 7) is 2.87. The van der Waals surface area contributed by atoms with Gasteiger partial charge in [0, 0.05) is 0 Å². The van der Waals surface area contributed by atoms with Gasteiger partial charge in [0.2, 0.25) is 0 Å². The molecule has 0 rings (SSSR count). The Morgan fingerprint density at radius 1 is 1.86 bits per heavy atom. The third-order valence-corrected chi connectivity index (χ3v) is 0.289. The highest BCUT2D eigenvalue weighted by Crippen LogP contribution is 1.81. The second-order valence-corrected chi connectivity index (χ2v) is 0.854. The maximum absolute atomic E-state index is 11.4. The number of nitrogens with one attached hydrogen (secondary N) is 1. The van der Waals surface area contributed by atoms with E-state index in [1.165, 1.54) is 0 Å². The van der Waals surface area contributed by atoms with Gasteiger partial charge in [-0.25, -0.2) is 9.38 Å². The van der Waals surface area contributed by atoms with Crippen LogP contribution in [0.2, 0.25) is 0 Å². The van der Waals surface area contributed by atoms with Crippen molar-refractivity contribution in [3.8, 4) is 0 Å². The van der Waals surface area contributed by atoms with Crippen LogP contribution in [-0.2, 0) is 0 Å². The molecule has 0 fully saturated rings. The summed E-state index contributed by atoms with van der Waals surface area (Å²) in [5, 5.41) is 6.27. The van der Waals surface area contributed by atoms with Crippen LogP contribution in [0.4, 0.5) is 4.39 Å². The highest BCUT2D eigenvalue weighted by atomic mass is 19.1. The van der Waals surface area contributed by atoms with Crippen molar-refractivity contribution in [1.29, 1.82) is 5.41 Å². The molecule has 0 radical (unpaired) electrons. The Labute approximate surface area is 40.9 Å². The summed E-state index contributed by atoms with van der Waals surface area (Å²) in [5.41, 5.74) is 0. The third kappa shape index (κ3) is 5.01. The molecule has 0 amide bonds. The van der Waals surface area contributed by atoms with E-state index >= 15 is 0 Å². The largest absolute Gasteiger partial charge is 0.290 e. The molecule has 0 saturated carbocycles. The highest BCUT2D eigenvalue weighted by molar-refractivity contribution is 5.81. The van der Waals surface area contributed by atoms with Crippen LogP contribution < -0.4 is 0 Å². The van der Waals surface area contributed by atoms with E-state index < -0.39 is 5.83 Å². The van der Waals surface area contributed by atoms with Crippen molar-refractivity contribution in [3.63, 3.8) is 0 Å². The van der Waals surface area contributed by atoms with E-state index in [2.05, 4.69) is 11.6 Å². The molecule has 3 heteroatoms. The topological polar surface area (TPSA) is 36.2 Å². The van der Waals surface area contributed by atoms with E-state index in [0.717, 1.165) is 12.6 Å². The lowest BCUT2D eigenvalue weighted by Gasteiger charge is -1.71. The van der Waals surface area contributed by atoms with Gasteiger partial charge in [-0.15, -0.1) is 0 Å².